The van der Waals surface area contributed by atoms with E-state index in [1.807, 2.05) is 0 Å². The molecule has 0 saturated carbocycles. The average molecular weight is 223 g/mol. The molecule has 0 unspecified atom stereocenters. The van der Waals surface area contributed by atoms with Crippen LogP contribution in [0, 0.1) is 0 Å². The fourth-order valence-electron chi connectivity index (χ4n) is 1.59. The van der Waals surface area contributed by atoms with E-state index in [2.05, 4.69) is 22.2 Å². The summed E-state index contributed by atoms with van der Waals surface area (Å²) in [7, 11) is 0. The molecule has 0 spiro atoms. The molecule has 0 aliphatic heterocycles. The Labute approximate surface area is 96.9 Å². The van der Waals surface area contributed by atoms with Crippen molar-refractivity contribution in [2.24, 2.45) is 0 Å². The lowest BCUT2D eigenvalue weighted by Gasteiger charge is -2.02. The Morgan fingerprint density at radius 1 is 1.31 bits per heavy atom. The van der Waals surface area contributed by atoms with E-state index < -0.39 is 0 Å². The van der Waals surface area contributed by atoms with Crippen molar-refractivity contribution in [1.82, 2.24) is 9.97 Å². The van der Waals surface area contributed by atoms with Crippen LogP contribution in [-0.2, 0) is 4.79 Å². The topological polar surface area (TPSA) is 57.8 Å². The monoisotopic (exact) mass is 223 g/mol. The second kappa shape index (κ2) is 7.91. The number of amides is 1. The van der Waals surface area contributed by atoms with Crippen LogP contribution < -0.4 is 5.32 Å². The van der Waals surface area contributed by atoms with Crippen LogP contribution in [0.4, 0.5) is 5.95 Å². The van der Waals surface area contributed by atoms with Crippen LogP contribution in [0.25, 0.3) is 0 Å². The van der Waals surface area contributed by atoms with E-state index in [1.54, 1.807) is 12.4 Å². The van der Waals surface area contributed by atoms with E-state index >= 15 is 0 Å². The van der Waals surface area contributed by atoms with Crippen LogP contribution in [0.2, 0.25) is 0 Å². The molecule has 1 heterocycles. The number of unbranched alkanes of at least 4 members (excludes halogenated alkanes) is 5. The number of aromatic amines is 1. The van der Waals surface area contributed by atoms with Gasteiger partial charge in [-0.3, -0.25) is 10.1 Å². The molecule has 0 fully saturated rings. The zero-order chi connectivity index (χ0) is 11.6. The summed E-state index contributed by atoms with van der Waals surface area (Å²) in [5.41, 5.74) is 0. The first-order valence-corrected chi connectivity index (χ1v) is 6.12. The van der Waals surface area contributed by atoms with Crippen LogP contribution in [0.15, 0.2) is 12.4 Å². The number of nitrogens with one attached hydrogen (secondary N) is 2. The minimum Gasteiger partial charge on any atom is -0.331 e. The van der Waals surface area contributed by atoms with Gasteiger partial charge in [-0.15, -0.1) is 0 Å². The molecule has 0 aromatic carbocycles. The minimum absolute atomic E-state index is 0.0467. The molecule has 1 amide bonds. The summed E-state index contributed by atoms with van der Waals surface area (Å²) in [5.74, 6) is 0.585. The highest BCUT2D eigenvalue weighted by Crippen LogP contribution is 2.07. The first-order chi connectivity index (χ1) is 7.83. The summed E-state index contributed by atoms with van der Waals surface area (Å²) in [6.45, 7) is 2.21. The largest absolute Gasteiger partial charge is 0.331 e. The van der Waals surface area contributed by atoms with Gasteiger partial charge in [-0.25, -0.2) is 4.98 Å². The van der Waals surface area contributed by atoms with Gasteiger partial charge in [0.05, 0.1) is 0 Å². The van der Waals surface area contributed by atoms with Gasteiger partial charge in [0.15, 0.2) is 0 Å². The summed E-state index contributed by atoms with van der Waals surface area (Å²) < 4.78 is 0. The Hall–Kier alpha value is -1.32. The number of aromatic nitrogens is 2. The predicted octanol–water partition coefficient (Wildman–Crippen LogP) is 3.10. The molecule has 0 atom stereocenters. The smallest absolute Gasteiger partial charge is 0.226 e. The maximum absolute atomic E-state index is 11.4. The SMILES string of the molecule is CCCCCCCCC(=O)Nc1ncc[nH]1. The number of imidazole rings is 1. The Morgan fingerprint density at radius 3 is 2.75 bits per heavy atom. The van der Waals surface area contributed by atoms with Crippen molar-refractivity contribution in [1.29, 1.82) is 0 Å². The Morgan fingerprint density at radius 2 is 2.06 bits per heavy atom. The third-order valence-electron chi connectivity index (χ3n) is 2.51. The van der Waals surface area contributed by atoms with Crippen molar-refractivity contribution in [2.45, 2.75) is 51.9 Å². The standard InChI is InChI=1S/C12H21N3O/c1-2-3-4-5-6-7-8-11(16)15-12-13-9-10-14-12/h9-10H,2-8H2,1H3,(H2,13,14,15,16). The lowest BCUT2D eigenvalue weighted by atomic mass is 10.1. The van der Waals surface area contributed by atoms with Crippen LogP contribution in [0.3, 0.4) is 0 Å². The summed E-state index contributed by atoms with van der Waals surface area (Å²) in [4.78, 5) is 18.2. The van der Waals surface area contributed by atoms with Gasteiger partial charge >= 0.3 is 0 Å². The van der Waals surface area contributed by atoms with Crippen LogP contribution >= 0.6 is 0 Å². The Kier molecular flexibility index (Phi) is 6.30. The fraction of sp³-hybridized carbons (Fsp3) is 0.667. The van der Waals surface area contributed by atoms with Gasteiger partial charge in [0.1, 0.15) is 0 Å². The van der Waals surface area contributed by atoms with E-state index in [4.69, 9.17) is 0 Å². The van der Waals surface area contributed by atoms with E-state index in [0.717, 1.165) is 12.8 Å². The summed E-state index contributed by atoms with van der Waals surface area (Å²) in [6, 6.07) is 0. The van der Waals surface area contributed by atoms with Crippen molar-refractivity contribution in [3.63, 3.8) is 0 Å². The molecule has 0 bridgehead atoms. The number of hydrogen-bond acceptors (Lipinski definition) is 2. The van der Waals surface area contributed by atoms with Crippen molar-refractivity contribution in [3.05, 3.63) is 12.4 Å². The van der Waals surface area contributed by atoms with Crippen LogP contribution in [0.5, 0.6) is 0 Å². The molecule has 16 heavy (non-hydrogen) atoms. The third-order valence-corrected chi connectivity index (χ3v) is 2.51. The number of rotatable bonds is 8. The van der Waals surface area contributed by atoms with Crippen molar-refractivity contribution in [3.8, 4) is 0 Å². The molecule has 90 valence electrons. The molecule has 2 N–H and O–H groups in total. The van der Waals surface area contributed by atoms with E-state index in [0.29, 0.717) is 12.4 Å². The number of anilines is 1. The molecule has 1 rings (SSSR count). The van der Waals surface area contributed by atoms with E-state index in [1.165, 1.54) is 25.7 Å². The molecule has 4 heteroatoms. The van der Waals surface area contributed by atoms with Gasteiger partial charge < -0.3 is 4.98 Å². The normalized spacial score (nSPS) is 10.3. The number of hydrogen-bond donors (Lipinski definition) is 2. The Bertz CT molecular complexity index is 282. The highest BCUT2D eigenvalue weighted by Gasteiger charge is 2.02. The average Bonchev–Trinajstić information content (AvgIpc) is 2.76. The van der Waals surface area contributed by atoms with Crippen LogP contribution in [0.1, 0.15) is 51.9 Å². The first-order valence-electron chi connectivity index (χ1n) is 6.12. The van der Waals surface area contributed by atoms with Crippen molar-refractivity contribution >= 4 is 11.9 Å². The van der Waals surface area contributed by atoms with Crippen molar-refractivity contribution in [2.75, 3.05) is 5.32 Å². The summed E-state index contributed by atoms with van der Waals surface area (Å²) in [5, 5.41) is 2.72. The molecule has 1 aromatic heterocycles. The number of carbonyl (C=O) groups is 1. The van der Waals surface area contributed by atoms with Gasteiger partial charge in [-0.1, -0.05) is 39.0 Å². The van der Waals surface area contributed by atoms with Gasteiger partial charge in [-0.05, 0) is 6.42 Å². The zero-order valence-electron chi connectivity index (χ0n) is 9.96. The molecule has 0 aliphatic rings. The summed E-state index contributed by atoms with van der Waals surface area (Å²) >= 11 is 0. The Balaban J connectivity index is 1.98. The second-order valence-electron chi connectivity index (χ2n) is 4.00. The quantitative estimate of drug-likeness (QED) is 0.665. The molecule has 4 nitrogen and oxygen atoms in total. The molecule has 0 aliphatic carbocycles. The molecule has 1 aromatic rings. The highest BCUT2D eigenvalue weighted by atomic mass is 16.1. The first kappa shape index (κ1) is 12.7. The van der Waals surface area contributed by atoms with E-state index in [9.17, 15) is 4.79 Å². The maximum atomic E-state index is 11.4. The van der Waals surface area contributed by atoms with Crippen molar-refractivity contribution < 1.29 is 4.79 Å². The number of nitrogens with zero attached hydrogens (tertiary/aromatic N) is 1. The van der Waals surface area contributed by atoms with Gasteiger partial charge in [0.25, 0.3) is 0 Å². The predicted molar refractivity (Wildman–Crippen MR) is 65.2 cm³/mol. The molecule has 0 radical (unpaired) electrons. The minimum atomic E-state index is 0.0467. The molecule has 0 saturated heterocycles. The molecular formula is C12H21N3O. The number of carbonyl (C=O) groups excluding carboxylic acids is 1. The number of H-pyrrole nitrogens is 1. The summed E-state index contributed by atoms with van der Waals surface area (Å²) in [6.07, 6.45) is 11.1. The zero-order valence-corrected chi connectivity index (χ0v) is 9.96. The fourth-order valence-corrected chi connectivity index (χ4v) is 1.59. The second-order valence-corrected chi connectivity index (χ2v) is 4.00. The molecular weight excluding hydrogens is 202 g/mol. The maximum Gasteiger partial charge on any atom is 0.226 e. The lowest BCUT2D eigenvalue weighted by Crippen LogP contribution is -2.12. The lowest BCUT2D eigenvalue weighted by molar-refractivity contribution is -0.116. The van der Waals surface area contributed by atoms with Crippen LogP contribution in [-0.4, -0.2) is 15.9 Å². The third kappa shape index (κ3) is 5.53. The van der Waals surface area contributed by atoms with E-state index in [-0.39, 0.29) is 5.91 Å². The van der Waals surface area contributed by atoms with Gasteiger partial charge in [0, 0.05) is 18.8 Å². The van der Waals surface area contributed by atoms with Gasteiger partial charge in [-0.2, -0.15) is 0 Å². The van der Waals surface area contributed by atoms with Gasteiger partial charge in [0.2, 0.25) is 11.9 Å². The highest BCUT2D eigenvalue weighted by molar-refractivity contribution is 5.88.